The molecule has 376 valence electrons. The molecule has 2 aromatic heterocycles. The predicted molar refractivity (Wildman–Crippen MR) is 266 cm³/mol. The van der Waals surface area contributed by atoms with Gasteiger partial charge in [-0.05, 0) is 74.2 Å². The van der Waals surface area contributed by atoms with Gasteiger partial charge in [0.2, 0.25) is 0 Å². The van der Waals surface area contributed by atoms with Crippen molar-refractivity contribution in [2.24, 2.45) is 0 Å². The van der Waals surface area contributed by atoms with Gasteiger partial charge >= 0.3 is 23.9 Å². The number of aromatic nitrogens is 2. The predicted octanol–water partition coefficient (Wildman–Crippen LogP) is 11.8. The van der Waals surface area contributed by atoms with E-state index in [4.69, 9.17) is 37.9 Å². The molecule has 4 aromatic rings. The topological polar surface area (TPSA) is 168 Å². The van der Waals surface area contributed by atoms with Crippen molar-refractivity contribution >= 4 is 23.9 Å². The smallest absolute Gasteiger partial charge is 0.340 e. The number of pyridine rings is 2. The fourth-order valence-electron chi connectivity index (χ4n) is 7.57. The third kappa shape index (κ3) is 20.7. The quantitative estimate of drug-likeness (QED) is 0.0188. The second kappa shape index (κ2) is 32.4. The largest absolute Gasteiger partial charge is 0.492 e. The summed E-state index contributed by atoms with van der Waals surface area (Å²) in [6, 6.07) is 21.2. The maximum absolute atomic E-state index is 13.2. The third-order valence-electron chi connectivity index (χ3n) is 11.6. The second-order valence-electron chi connectivity index (χ2n) is 17.0. The van der Waals surface area contributed by atoms with Gasteiger partial charge in [-0.2, -0.15) is 0 Å². The van der Waals surface area contributed by atoms with Gasteiger partial charge in [0.1, 0.15) is 11.5 Å². The van der Waals surface area contributed by atoms with Gasteiger partial charge < -0.3 is 37.9 Å². The standard InChI is InChI=1S/C56H70N2O12/c1-3-51(59)65-37-21-17-13-9-5-7-11-15-19-35-63-47-31-33-49(57-41-47)43-23-27-45(28-24-43)53(61)69-55-56(68-40-39-67-55)70-54(62)46-29-25-44(26-30-46)50-34-32-48(42-58-50)64-36-20-16-12-8-6-10-14-18-22-38-66-52(60)4-2/h3-4,23-34,41-42,55-56H,1-2,5-22,35-40H2. The van der Waals surface area contributed by atoms with Crippen LogP contribution in [0.4, 0.5) is 0 Å². The molecule has 0 bridgehead atoms. The lowest BCUT2D eigenvalue weighted by molar-refractivity contribution is -0.288. The number of unbranched alkanes of at least 4 members (excludes halogenated alkanes) is 16. The Morgan fingerprint density at radius 1 is 0.457 bits per heavy atom. The summed E-state index contributed by atoms with van der Waals surface area (Å²) in [7, 11) is 0. The summed E-state index contributed by atoms with van der Waals surface area (Å²) in [6.45, 7) is 9.29. The van der Waals surface area contributed by atoms with Crippen molar-refractivity contribution in [3.63, 3.8) is 0 Å². The van der Waals surface area contributed by atoms with Crippen LogP contribution in [0.25, 0.3) is 22.5 Å². The fourth-order valence-corrected chi connectivity index (χ4v) is 7.57. The lowest BCUT2D eigenvalue weighted by Gasteiger charge is -2.30. The summed E-state index contributed by atoms with van der Waals surface area (Å²) in [6.07, 6.45) is 23.2. The van der Waals surface area contributed by atoms with Crippen molar-refractivity contribution in [2.75, 3.05) is 39.6 Å². The SMILES string of the molecule is C=CC(=O)OCCCCCCCCCCCOc1ccc(-c2ccc(C(=O)OC3OCCOC3OC(=O)c3ccc(-c4ccc(OCCCCCCCCCCCOC(=O)C=C)cn4)cc3)cc2)nc1. The first-order valence-corrected chi connectivity index (χ1v) is 24.9. The highest BCUT2D eigenvalue weighted by Crippen LogP contribution is 2.25. The van der Waals surface area contributed by atoms with Crippen molar-refractivity contribution in [2.45, 2.75) is 128 Å². The summed E-state index contributed by atoms with van der Waals surface area (Å²) in [5.74, 6) is -0.633. The Morgan fingerprint density at radius 2 is 0.786 bits per heavy atom. The van der Waals surface area contributed by atoms with Gasteiger partial charge in [-0.15, -0.1) is 0 Å². The van der Waals surface area contributed by atoms with Gasteiger partial charge in [-0.1, -0.05) is 127 Å². The van der Waals surface area contributed by atoms with Crippen LogP contribution in [-0.2, 0) is 38.0 Å². The molecular weight excluding hydrogens is 893 g/mol. The first-order valence-electron chi connectivity index (χ1n) is 24.9. The van der Waals surface area contributed by atoms with Crippen LogP contribution in [0.3, 0.4) is 0 Å². The molecule has 0 saturated carbocycles. The van der Waals surface area contributed by atoms with Crippen LogP contribution in [0.5, 0.6) is 11.5 Å². The number of hydrogen-bond donors (Lipinski definition) is 0. The van der Waals surface area contributed by atoms with Crippen molar-refractivity contribution < 1.29 is 57.1 Å². The van der Waals surface area contributed by atoms with E-state index in [9.17, 15) is 19.2 Å². The molecule has 0 radical (unpaired) electrons. The highest BCUT2D eigenvalue weighted by Gasteiger charge is 2.34. The van der Waals surface area contributed by atoms with Crippen LogP contribution in [0.2, 0.25) is 0 Å². The fraction of sp³-hybridized carbons (Fsp3) is 0.464. The number of ether oxygens (including phenoxy) is 8. The van der Waals surface area contributed by atoms with Crippen LogP contribution in [0, 0.1) is 0 Å². The summed E-state index contributed by atoms with van der Waals surface area (Å²) >= 11 is 0. The average Bonchev–Trinajstić information content (AvgIpc) is 3.39. The van der Waals surface area contributed by atoms with E-state index in [0.717, 1.165) is 86.7 Å². The van der Waals surface area contributed by atoms with E-state index in [1.54, 1.807) is 60.9 Å². The molecule has 14 heteroatoms. The maximum atomic E-state index is 13.2. The highest BCUT2D eigenvalue weighted by molar-refractivity contribution is 5.91. The lowest BCUT2D eigenvalue weighted by atomic mass is 10.1. The maximum Gasteiger partial charge on any atom is 0.340 e. The minimum Gasteiger partial charge on any atom is -0.492 e. The van der Waals surface area contributed by atoms with E-state index >= 15 is 0 Å². The lowest BCUT2D eigenvalue weighted by Crippen LogP contribution is -2.44. The molecule has 1 saturated heterocycles. The monoisotopic (exact) mass is 962 g/mol. The zero-order chi connectivity index (χ0) is 49.4. The number of carbonyl (C=O) groups excluding carboxylic acids is 4. The number of hydrogen-bond acceptors (Lipinski definition) is 14. The van der Waals surface area contributed by atoms with Gasteiger partial charge in [0.25, 0.3) is 12.6 Å². The number of benzene rings is 2. The molecule has 14 nitrogen and oxygen atoms in total. The number of carbonyl (C=O) groups is 4. The van der Waals surface area contributed by atoms with E-state index < -0.39 is 24.5 Å². The van der Waals surface area contributed by atoms with Crippen molar-refractivity contribution in [3.05, 3.63) is 122 Å². The Morgan fingerprint density at radius 3 is 1.10 bits per heavy atom. The van der Waals surface area contributed by atoms with Gasteiger partial charge in [-0.25, -0.2) is 19.2 Å². The van der Waals surface area contributed by atoms with Gasteiger partial charge in [0.15, 0.2) is 0 Å². The molecule has 2 atom stereocenters. The second-order valence-corrected chi connectivity index (χ2v) is 17.0. The zero-order valence-corrected chi connectivity index (χ0v) is 40.6. The normalized spacial score (nSPS) is 14.2. The minimum absolute atomic E-state index is 0.158. The Bertz CT molecular complexity index is 2010. The summed E-state index contributed by atoms with van der Waals surface area (Å²) in [5.41, 5.74) is 3.64. The van der Waals surface area contributed by atoms with Crippen molar-refractivity contribution in [1.82, 2.24) is 9.97 Å². The highest BCUT2D eigenvalue weighted by atomic mass is 16.8. The molecule has 0 aliphatic carbocycles. The molecular formula is C56H70N2O12. The van der Waals surface area contributed by atoms with Crippen LogP contribution < -0.4 is 9.47 Å². The molecule has 5 rings (SSSR count). The molecule has 1 aliphatic heterocycles. The van der Waals surface area contributed by atoms with Crippen LogP contribution >= 0.6 is 0 Å². The van der Waals surface area contributed by atoms with E-state index in [2.05, 4.69) is 23.1 Å². The van der Waals surface area contributed by atoms with Crippen molar-refractivity contribution in [3.8, 4) is 34.0 Å². The molecule has 0 spiro atoms. The van der Waals surface area contributed by atoms with Gasteiger partial charge in [0.05, 0.1) is 74.5 Å². The number of esters is 4. The summed E-state index contributed by atoms with van der Waals surface area (Å²) < 4.78 is 44.4. The number of nitrogens with zero attached hydrogens (tertiary/aromatic N) is 2. The summed E-state index contributed by atoms with van der Waals surface area (Å²) in [4.78, 5) is 57.6. The summed E-state index contributed by atoms with van der Waals surface area (Å²) in [5, 5.41) is 0. The van der Waals surface area contributed by atoms with Crippen molar-refractivity contribution in [1.29, 1.82) is 0 Å². The zero-order valence-electron chi connectivity index (χ0n) is 40.6. The average molecular weight is 963 g/mol. The van der Waals surface area contributed by atoms with Crippen LogP contribution in [0.15, 0.2) is 111 Å². The molecule has 1 aliphatic rings. The van der Waals surface area contributed by atoms with E-state index in [0.29, 0.717) is 37.9 Å². The van der Waals surface area contributed by atoms with E-state index in [1.807, 2.05) is 24.3 Å². The molecule has 0 N–H and O–H groups in total. The minimum atomic E-state index is -1.26. The molecule has 1 fully saturated rings. The van der Waals surface area contributed by atoms with Gasteiger partial charge in [-0.3, -0.25) is 9.97 Å². The van der Waals surface area contributed by atoms with E-state index in [1.165, 1.54) is 63.5 Å². The first kappa shape index (κ1) is 54.6. The molecule has 0 amide bonds. The van der Waals surface area contributed by atoms with E-state index in [-0.39, 0.29) is 36.3 Å². The Hall–Kier alpha value is -6.38. The Kier molecular flexibility index (Phi) is 25.3. The molecule has 70 heavy (non-hydrogen) atoms. The molecule has 2 unspecified atom stereocenters. The number of rotatable bonds is 34. The Labute approximate surface area is 413 Å². The molecule has 3 heterocycles. The van der Waals surface area contributed by atoms with Crippen LogP contribution in [-0.4, -0.2) is 86.1 Å². The Balaban J connectivity index is 0.941. The van der Waals surface area contributed by atoms with Gasteiger partial charge in [0, 0.05) is 23.3 Å². The third-order valence-corrected chi connectivity index (χ3v) is 11.6. The first-order chi connectivity index (χ1) is 34.3. The van der Waals surface area contributed by atoms with Crippen LogP contribution in [0.1, 0.15) is 136 Å². The molecule has 2 aromatic carbocycles.